The van der Waals surface area contributed by atoms with Crippen LogP contribution in [0.5, 0.6) is 0 Å². The summed E-state index contributed by atoms with van der Waals surface area (Å²) >= 11 is 0. The Balaban J connectivity index is -0.000000505. The third-order valence-corrected chi connectivity index (χ3v) is 2.99. The van der Waals surface area contributed by atoms with Gasteiger partial charge in [0.2, 0.25) is 0 Å². The molecule has 0 saturated heterocycles. The van der Waals surface area contributed by atoms with Gasteiger partial charge in [-0.25, -0.2) is 8.78 Å². The van der Waals surface area contributed by atoms with Gasteiger partial charge in [-0.1, -0.05) is 47.6 Å². The Labute approximate surface area is 126 Å². The van der Waals surface area contributed by atoms with E-state index in [9.17, 15) is 8.78 Å². The summed E-state index contributed by atoms with van der Waals surface area (Å²) in [5, 5.41) is 0. The van der Waals surface area contributed by atoms with Crippen molar-refractivity contribution < 1.29 is 8.78 Å². The summed E-state index contributed by atoms with van der Waals surface area (Å²) in [4.78, 5) is 1.72. The number of alkyl halides is 2. The van der Waals surface area contributed by atoms with Crippen LogP contribution in [0.15, 0.2) is 12.7 Å². The van der Waals surface area contributed by atoms with Gasteiger partial charge < -0.3 is 4.90 Å². The van der Waals surface area contributed by atoms with E-state index in [2.05, 4.69) is 34.3 Å². The van der Waals surface area contributed by atoms with Crippen molar-refractivity contribution in [2.75, 3.05) is 20.1 Å². The maximum Gasteiger partial charge on any atom is 0.251 e. The van der Waals surface area contributed by atoms with E-state index in [0.29, 0.717) is 17.8 Å². The zero-order valence-corrected chi connectivity index (χ0v) is 14.9. The predicted octanol–water partition coefficient (Wildman–Crippen LogP) is 5.72. The fourth-order valence-corrected chi connectivity index (χ4v) is 1.82. The monoisotopic (exact) mass is 293 g/mol. The Morgan fingerprint density at radius 1 is 1.05 bits per heavy atom. The third kappa shape index (κ3) is 19.9. The lowest BCUT2D eigenvalue weighted by atomic mass is 9.88. The Morgan fingerprint density at radius 3 is 1.75 bits per heavy atom. The van der Waals surface area contributed by atoms with Gasteiger partial charge in [-0.15, -0.1) is 6.58 Å². The van der Waals surface area contributed by atoms with Crippen molar-refractivity contribution in [1.82, 2.24) is 4.90 Å². The number of nitrogens with zero attached hydrogens (tertiary/aromatic N) is 1. The predicted molar refractivity (Wildman–Crippen MR) is 88.5 cm³/mol. The van der Waals surface area contributed by atoms with Gasteiger partial charge in [0.15, 0.2) is 0 Å². The summed E-state index contributed by atoms with van der Waals surface area (Å²) in [6.07, 6.45) is 0.648. The molecule has 0 N–H and O–H groups in total. The van der Waals surface area contributed by atoms with Gasteiger partial charge in [-0.05, 0) is 38.1 Å². The van der Waals surface area contributed by atoms with Crippen LogP contribution < -0.4 is 0 Å². The van der Waals surface area contributed by atoms with Crippen molar-refractivity contribution in [3.63, 3.8) is 0 Å². The molecule has 0 rings (SSSR count). The maximum absolute atomic E-state index is 12.1. The molecule has 0 aliphatic heterocycles. The van der Waals surface area contributed by atoms with E-state index in [1.807, 2.05) is 20.8 Å². The van der Waals surface area contributed by atoms with Crippen LogP contribution in [0, 0.1) is 17.8 Å². The van der Waals surface area contributed by atoms with Gasteiger partial charge in [0.1, 0.15) is 0 Å². The van der Waals surface area contributed by atoms with Crippen LogP contribution in [0.2, 0.25) is 0 Å². The second-order valence-corrected chi connectivity index (χ2v) is 5.58. The quantitative estimate of drug-likeness (QED) is 0.543. The average Bonchev–Trinajstić information content (AvgIpc) is 2.30. The molecule has 3 heteroatoms. The molecular formula is C17H37F2N. The van der Waals surface area contributed by atoms with E-state index in [4.69, 9.17) is 0 Å². The molecule has 0 heterocycles. The van der Waals surface area contributed by atoms with E-state index < -0.39 is 6.43 Å². The minimum atomic E-state index is -2.22. The summed E-state index contributed by atoms with van der Waals surface area (Å²) in [7, 11) is 1.77. The smallest absolute Gasteiger partial charge is 0.251 e. The summed E-state index contributed by atoms with van der Waals surface area (Å²) in [6.45, 7) is 18.7. The van der Waals surface area contributed by atoms with Gasteiger partial charge in [0, 0.05) is 6.54 Å². The van der Waals surface area contributed by atoms with Gasteiger partial charge in [-0.2, -0.15) is 0 Å². The molecular weight excluding hydrogens is 256 g/mol. The summed E-state index contributed by atoms with van der Waals surface area (Å²) < 4.78 is 24.2. The van der Waals surface area contributed by atoms with Gasteiger partial charge in [0.05, 0.1) is 6.54 Å². The van der Waals surface area contributed by atoms with Gasteiger partial charge >= 0.3 is 0 Å². The molecule has 0 amide bonds. The molecule has 0 aromatic rings. The normalized spacial score (nSPS) is 13.2. The Hall–Kier alpha value is -0.440. The zero-order chi connectivity index (χ0) is 16.7. The summed E-state index contributed by atoms with van der Waals surface area (Å²) in [5.41, 5.74) is 0. The Kier molecular flexibility index (Phi) is 20.4. The molecule has 0 aromatic heterocycles. The lowest BCUT2D eigenvalue weighted by molar-refractivity contribution is 0.0918. The molecule has 0 spiro atoms. The lowest BCUT2D eigenvalue weighted by Gasteiger charge is -2.24. The van der Waals surface area contributed by atoms with E-state index in [1.165, 1.54) is 0 Å². The fraction of sp³-hybridized carbons (Fsp3) is 0.882. The highest BCUT2D eigenvalue weighted by Gasteiger charge is 2.15. The van der Waals surface area contributed by atoms with Crippen LogP contribution in [-0.4, -0.2) is 31.5 Å². The Morgan fingerprint density at radius 2 is 1.45 bits per heavy atom. The van der Waals surface area contributed by atoms with Crippen LogP contribution in [0.25, 0.3) is 0 Å². The van der Waals surface area contributed by atoms with Crippen LogP contribution in [0.1, 0.15) is 54.9 Å². The van der Waals surface area contributed by atoms with E-state index in [0.717, 1.165) is 13.0 Å². The molecule has 1 nitrogen and oxygen atoms in total. The van der Waals surface area contributed by atoms with Crippen molar-refractivity contribution in [3.8, 4) is 0 Å². The second-order valence-electron chi connectivity index (χ2n) is 5.58. The lowest BCUT2D eigenvalue weighted by Crippen LogP contribution is -2.30. The van der Waals surface area contributed by atoms with Gasteiger partial charge in [-0.3, -0.25) is 0 Å². The molecule has 124 valence electrons. The van der Waals surface area contributed by atoms with Crippen molar-refractivity contribution in [3.05, 3.63) is 12.7 Å². The van der Waals surface area contributed by atoms with Gasteiger partial charge in [0.25, 0.3) is 6.43 Å². The van der Waals surface area contributed by atoms with Crippen molar-refractivity contribution in [2.24, 2.45) is 17.8 Å². The minimum Gasteiger partial charge on any atom is -0.301 e. The molecule has 0 bridgehead atoms. The third-order valence-electron chi connectivity index (χ3n) is 2.99. The maximum atomic E-state index is 12.1. The molecule has 0 aliphatic rings. The summed E-state index contributed by atoms with van der Waals surface area (Å²) in [6, 6.07) is 0. The first-order valence-corrected chi connectivity index (χ1v) is 7.78. The van der Waals surface area contributed by atoms with Crippen LogP contribution in [0.4, 0.5) is 8.78 Å². The van der Waals surface area contributed by atoms with E-state index in [1.54, 1.807) is 18.0 Å². The van der Waals surface area contributed by atoms with E-state index in [-0.39, 0.29) is 6.54 Å². The molecule has 20 heavy (non-hydrogen) atoms. The van der Waals surface area contributed by atoms with E-state index >= 15 is 0 Å². The van der Waals surface area contributed by atoms with Crippen molar-refractivity contribution >= 4 is 0 Å². The molecule has 0 aliphatic carbocycles. The zero-order valence-electron chi connectivity index (χ0n) is 14.9. The molecule has 2 unspecified atom stereocenters. The highest BCUT2D eigenvalue weighted by atomic mass is 19.3. The highest BCUT2D eigenvalue weighted by molar-refractivity contribution is 4.66. The standard InChI is InChI=1S/C12H25F2N.C3H6.C2H6/c1-9(2)11(4)6-10(3)7-15(5)8-12(13)14;1-3-2;1-2/h9-12H,6-8H2,1-5H3;3H,1H2,2H3;1-2H3. The first-order chi connectivity index (χ1) is 9.24. The SMILES string of the molecule is C=CC.CC.CC(CC(C)C(C)C)CN(C)CC(F)F. The van der Waals surface area contributed by atoms with Crippen LogP contribution >= 0.6 is 0 Å². The molecule has 0 fully saturated rings. The van der Waals surface area contributed by atoms with Crippen molar-refractivity contribution in [2.45, 2.75) is 61.3 Å². The number of allylic oxidation sites excluding steroid dienone is 1. The fourth-order valence-electron chi connectivity index (χ4n) is 1.82. The largest absolute Gasteiger partial charge is 0.301 e. The topological polar surface area (TPSA) is 3.24 Å². The number of hydrogen-bond acceptors (Lipinski definition) is 1. The first-order valence-electron chi connectivity index (χ1n) is 7.78. The minimum absolute atomic E-state index is 0.111. The molecule has 2 atom stereocenters. The number of halogens is 2. The second kappa shape index (κ2) is 16.6. The number of hydrogen-bond donors (Lipinski definition) is 0. The van der Waals surface area contributed by atoms with Crippen LogP contribution in [-0.2, 0) is 0 Å². The molecule has 0 aromatic carbocycles. The molecule has 0 radical (unpaired) electrons. The number of rotatable bonds is 7. The summed E-state index contributed by atoms with van der Waals surface area (Å²) in [5.74, 6) is 1.83. The Bertz CT molecular complexity index is 193. The van der Waals surface area contributed by atoms with Crippen LogP contribution in [0.3, 0.4) is 0 Å². The first kappa shape index (κ1) is 24.6. The molecule has 0 saturated carbocycles. The average molecular weight is 293 g/mol. The van der Waals surface area contributed by atoms with Crippen molar-refractivity contribution in [1.29, 1.82) is 0 Å². The highest BCUT2D eigenvalue weighted by Crippen LogP contribution is 2.20.